The van der Waals surface area contributed by atoms with Crippen molar-refractivity contribution < 1.29 is 9.59 Å². The summed E-state index contributed by atoms with van der Waals surface area (Å²) in [6.07, 6.45) is 5.28. The number of carbonyl (C=O) groups excluding carboxylic acids is 2. The number of hydrogen-bond acceptors (Lipinski definition) is 4. The van der Waals surface area contributed by atoms with E-state index in [1.54, 1.807) is 42.5 Å². The molecule has 0 aliphatic carbocycles. The molecule has 0 aromatic heterocycles. The number of carbonyl (C=O) groups is 2. The van der Waals surface area contributed by atoms with Crippen LogP contribution in [0.1, 0.15) is 52.0 Å². The second kappa shape index (κ2) is 13.0. The zero-order valence-electron chi connectivity index (χ0n) is 23.2. The van der Waals surface area contributed by atoms with Crippen molar-refractivity contribution in [2.75, 3.05) is 50.0 Å². The van der Waals surface area contributed by atoms with E-state index in [2.05, 4.69) is 27.5 Å². The molecule has 6 nitrogen and oxygen atoms in total. The van der Waals surface area contributed by atoms with Crippen molar-refractivity contribution in [2.45, 2.75) is 32.1 Å². The van der Waals surface area contributed by atoms with Crippen LogP contribution >= 0.6 is 34.8 Å². The predicted octanol–water partition coefficient (Wildman–Crippen LogP) is 7.18. The Morgan fingerprint density at radius 3 is 2.20 bits per heavy atom. The lowest BCUT2D eigenvalue weighted by Gasteiger charge is -2.47. The van der Waals surface area contributed by atoms with Crippen molar-refractivity contribution in [3.05, 3.63) is 92.4 Å². The zero-order chi connectivity index (χ0) is 29.0. The van der Waals surface area contributed by atoms with E-state index in [-0.39, 0.29) is 11.8 Å². The normalized spacial score (nSPS) is 16.9. The van der Waals surface area contributed by atoms with Crippen molar-refractivity contribution >= 4 is 58.0 Å². The molecule has 1 spiro atoms. The first kappa shape index (κ1) is 29.7. The van der Waals surface area contributed by atoms with Crippen LogP contribution in [0.2, 0.25) is 15.1 Å². The summed E-state index contributed by atoms with van der Waals surface area (Å²) in [5.41, 5.74) is 3.78. The number of amides is 2. The van der Waals surface area contributed by atoms with Crippen LogP contribution in [0.25, 0.3) is 0 Å². The Bertz CT molecular complexity index is 1410. The van der Waals surface area contributed by atoms with Crippen molar-refractivity contribution in [1.29, 1.82) is 0 Å². The zero-order valence-corrected chi connectivity index (χ0v) is 25.5. The molecular weight excluding hydrogens is 579 g/mol. The van der Waals surface area contributed by atoms with Gasteiger partial charge in [-0.25, -0.2) is 0 Å². The Hall–Kier alpha value is -2.77. The van der Waals surface area contributed by atoms with Gasteiger partial charge in [0.2, 0.25) is 0 Å². The molecule has 2 aliphatic rings. The fraction of sp³-hybridized carbons (Fsp3) is 0.375. The summed E-state index contributed by atoms with van der Waals surface area (Å²) in [7, 11) is 2.20. The smallest absolute Gasteiger partial charge is 0.255 e. The molecule has 0 radical (unpaired) electrons. The molecule has 0 saturated carbocycles. The Labute approximate surface area is 256 Å². The summed E-state index contributed by atoms with van der Waals surface area (Å²) in [4.78, 5) is 31.1. The minimum absolute atomic E-state index is 0.219. The minimum atomic E-state index is -0.271. The number of piperidine rings is 2. The van der Waals surface area contributed by atoms with E-state index in [0.29, 0.717) is 50.3 Å². The van der Waals surface area contributed by atoms with Gasteiger partial charge in [-0.3, -0.25) is 9.59 Å². The highest BCUT2D eigenvalue weighted by atomic mass is 35.5. The van der Waals surface area contributed by atoms with Crippen molar-refractivity contribution in [3.63, 3.8) is 0 Å². The number of nitrogens with one attached hydrogen (secondary N) is 2. The summed E-state index contributed by atoms with van der Waals surface area (Å²) in [6.45, 7) is 4.54. The molecule has 2 fully saturated rings. The maximum Gasteiger partial charge on any atom is 0.255 e. The highest BCUT2D eigenvalue weighted by Crippen LogP contribution is 2.43. The second-order valence-corrected chi connectivity index (χ2v) is 12.5. The third-order valence-electron chi connectivity index (χ3n) is 8.50. The fourth-order valence-electron chi connectivity index (χ4n) is 5.83. The van der Waals surface area contributed by atoms with Crippen LogP contribution in [-0.4, -0.2) is 56.5 Å². The Kier molecular flexibility index (Phi) is 9.45. The van der Waals surface area contributed by atoms with Crippen LogP contribution in [0.4, 0.5) is 11.4 Å². The molecule has 2 N–H and O–H groups in total. The Balaban J connectivity index is 1.32. The van der Waals surface area contributed by atoms with Gasteiger partial charge in [-0.15, -0.1) is 0 Å². The molecule has 0 atom stereocenters. The quantitative estimate of drug-likeness (QED) is 0.296. The van der Waals surface area contributed by atoms with Crippen LogP contribution in [-0.2, 0) is 6.42 Å². The third-order valence-corrected chi connectivity index (χ3v) is 9.32. The van der Waals surface area contributed by atoms with Gasteiger partial charge in [0.15, 0.2) is 0 Å². The van der Waals surface area contributed by atoms with E-state index >= 15 is 0 Å². The third kappa shape index (κ3) is 7.36. The SMILES string of the molecule is CN1CCC2(CC1)CCN(c1ccc(C(=O)NCCc3ccc(Cl)cc3Cl)cc1NC(=O)c1cccc(Cl)c1)CC2. The van der Waals surface area contributed by atoms with E-state index in [0.717, 1.165) is 50.3 Å². The van der Waals surface area contributed by atoms with Gasteiger partial charge in [0, 0.05) is 45.8 Å². The number of nitrogens with zero attached hydrogens (tertiary/aromatic N) is 2. The predicted molar refractivity (Wildman–Crippen MR) is 169 cm³/mol. The first-order valence-electron chi connectivity index (χ1n) is 14.1. The van der Waals surface area contributed by atoms with E-state index in [9.17, 15) is 9.59 Å². The number of likely N-dealkylation sites (tertiary alicyclic amines) is 1. The molecule has 3 aromatic rings. The van der Waals surface area contributed by atoms with Gasteiger partial charge in [-0.2, -0.15) is 0 Å². The van der Waals surface area contributed by atoms with Gasteiger partial charge in [-0.1, -0.05) is 46.9 Å². The highest BCUT2D eigenvalue weighted by Gasteiger charge is 2.37. The van der Waals surface area contributed by atoms with Crippen LogP contribution in [0, 0.1) is 5.41 Å². The second-order valence-electron chi connectivity index (χ2n) is 11.2. The first-order chi connectivity index (χ1) is 19.7. The van der Waals surface area contributed by atoms with Crippen molar-refractivity contribution in [3.8, 4) is 0 Å². The molecule has 9 heteroatoms. The topological polar surface area (TPSA) is 64.7 Å². The number of halogens is 3. The largest absolute Gasteiger partial charge is 0.370 e. The van der Waals surface area contributed by atoms with E-state index < -0.39 is 0 Å². The molecule has 2 aliphatic heterocycles. The summed E-state index contributed by atoms with van der Waals surface area (Å²) in [5.74, 6) is -0.490. The van der Waals surface area contributed by atoms with Crippen LogP contribution in [0.15, 0.2) is 60.7 Å². The lowest BCUT2D eigenvalue weighted by Crippen LogP contribution is -2.46. The Morgan fingerprint density at radius 2 is 1.49 bits per heavy atom. The average Bonchev–Trinajstić information content (AvgIpc) is 2.96. The van der Waals surface area contributed by atoms with Crippen molar-refractivity contribution in [2.24, 2.45) is 5.41 Å². The molecule has 2 amide bonds. The van der Waals surface area contributed by atoms with E-state index in [4.69, 9.17) is 34.8 Å². The molecule has 216 valence electrons. The number of anilines is 2. The summed E-state index contributed by atoms with van der Waals surface area (Å²) < 4.78 is 0. The van der Waals surface area contributed by atoms with Crippen LogP contribution in [0.5, 0.6) is 0 Å². The monoisotopic (exact) mass is 612 g/mol. The lowest BCUT2D eigenvalue weighted by molar-refractivity contribution is 0.0944. The molecule has 41 heavy (non-hydrogen) atoms. The Morgan fingerprint density at radius 1 is 0.805 bits per heavy atom. The van der Waals surface area contributed by atoms with E-state index in [1.165, 1.54) is 12.8 Å². The molecule has 0 unspecified atom stereocenters. The molecular formula is C32H35Cl3N4O2. The van der Waals surface area contributed by atoms with Gasteiger partial charge in [0.05, 0.1) is 11.4 Å². The number of hydrogen-bond donors (Lipinski definition) is 2. The van der Waals surface area contributed by atoms with E-state index in [1.807, 2.05) is 18.2 Å². The molecule has 0 bridgehead atoms. The van der Waals surface area contributed by atoms with Gasteiger partial charge < -0.3 is 20.4 Å². The van der Waals surface area contributed by atoms with Crippen LogP contribution in [0.3, 0.4) is 0 Å². The first-order valence-corrected chi connectivity index (χ1v) is 15.2. The average molecular weight is 614 g/mol. The van der Waals surface area contributed by atoms with Gasteiger partial charge in [-0.05, 0) is 112 Å². The molecule has 2 heterocycles. The lowest BCUT2D eigenvalue weighted by atomic mass is 9.71. The highest BCUT2D eigenvalue weighted by molar-refractivity contribution is 6.35. The maximum atomic E-state index is 13.2. The van der Waals surface area contributed by atoms with Gasteiger partial charge in [0.25, 0.3) is 11.8 Å². The summed E-state index contributed by atoms with van der Waals surface area (Å²) >= 11 is 18.4. The molecule has 2 saturated heterocycles. The standard InChI is InChI=1S/C32H35Cl3N4O2/c1-38-15-10-32(11-16-38)12-17-39(18-13-32)29-8-6-24(20-28(29)37-31(41)23-3-2-4-25(33)19-23)30(40)36-14-9-22-5-7-26(34)21-27(22)35/h2-8,19-21H,9-18H2,1H3,(H,36,40)(H,37,41). The van der Waals surface area contributed by atoms with Gasteiger partial charge >= 0.3 is 0 Å². The van der Waals surface area contributed by atoms with Crippen molar-refractivity contribution in [1.82, 2.24) is 10.2 Å². The molecule has 5 rings (SSSR count). The fourth-order valence-corrected chi connectivity index (χ4v) is 6.52. The number of benzene rings is 3. The summed E-state index contributed by atoms with van der Waals surface area (Å²) in [6, 6.07) is 17.7. The minimum Gasteiger partial charge on any atom is -0.370 e. The number of rotatable bonds is 7. The van der Waals surface area contributed by atoms with Crippen LogP contribution < -0.4 is 15.5 Å². The maximum absolute atomic E-state index is 13.2. The van der Waals surface area contributed by atoms with Gasteiger partial charge in [0.1, 0.15) is 0 Å². The molecule has 3 aromatic carbocycles. The summed E-state index contributed by atoms with van der Waals surface area (Å²) in [5, 5.41) is 7.68.